The van der Waals surface area contributed by atoms with Crippen molar-refractivity contribution in [1.82, 2.24) is 0 Å². The van der Waals surface area contributed by atoms with Gasteiger partial charge in [-0.2, -0.15) is 8.78 Å². The Balaban J connectivity index is 2.18. The van der Waals surface area contributed by atoms with Gasteiger partial charge in [-0.3, -0.25) is 0 Å². The van der Waals surface area contributed by atoms with E-state index in [-0.39, 0.29) is 23.1 Å². The zero-order valence-electron chi connectivity index (χ0n) is 16.7. The molecule has 0 spiro atoms. The van der Waals surface area contributed by atoms with Crippen LogP contribution in [0.1, 0.15) is 44.2 Å². The first kappa shape index (κ1) is 19.8. The molecule has 144 valence electrons. The first-order valence-electron chi connectivity index (χ1n) is 9.45. The largest absolute Gasteiger partial charge is 0.542 e. The number of rotatable bonds is 4. The normalized spacial score (nSPS) is 20.0. The van der Waals surface area contributed by atoms with Gasteiger partial charge in [0.05, 0.1) is 0 Å². The number of hydrogen-bond donors (Lipinski definition) is 0. The van der Waals surface area contributed by atoms with Crippen molar-refractivity contribution in [2.24, 2.45) is 0 Å². The number of halogens is 2. The van der Waals surface area contributed by atoms with Crippen LogP contribution in [-0.4, -0.2) is 14.2 Å². The second-order valence-electron chi connectivity index (χ2n) is 8.84. The highest BCUT2D eigenvalue weighted by atomic mass is 28.4. The molecule has 0 heterocycles. The Hall–Kier alpha value is -1.94. The second kappa shape index (κ2) is 6.90. The molecule has 27 heavy (non-hydrogen) atoms. The summed E-state index contributed by atoms with van der Waals surface area (Å²) in [5.74, 6) is -3.46. The lowest BCUT2D eigenvalue weighted by molar-refractivity contribution is 0.00456. The third-order valence-corrected chi connectivity index (χ3v) is 10.2. The molecule has 3 rings (SSSR count). The van der Waals surface area contributed by atoms with E-state index in [1.807, 2.05) is 73.8 Å². The van der Waals surface area contributed by atoms with Crippen molar-refractivity contribution >= 4 is 13.9 Å². The third kappa shape index (κ3) is 3.86. The van der Waals surface area contributed by atoms with Crippen molar-refractivity contribution in [3.63, 3.8) is 0 Å². The van der Waals surface area contributed by atoms with Crippen LogP contribution >= 0.6 is 0 Å². The van der Waals surface area contributed by atoms with Gasteiger partial charge in [-0.05, 0) is 29.3 Å². The molecule has 2 aromatic carbocycles. The van der Waals surface area contributed by atoms with Gasteiger partial charge in [-0.1, -0.05) is 81.4 Å². The molecule has 0 saturated heterocycles. The van der Waals surface area contributed by atoms with E-state index in [0.29, 0.717) is 5.57 Å². The number of allylic oxidation sites excluding steroid dienone is 2. The van der Waals surface area contributed by atoms with Crippen molar-refractivity contribution in [1.29, 1.82) is 0 Å². The maximum absolute atomic E-state index is 15.2. The van der Waals surface area contributed by atoms with Crippen LogP contribution in [0.2, 0.25) is 18.1 Å². The van der Waals surface area contributed by atoms with Crippen molar-refractivity contribution < 1.29 is 13.2 Å². The summed E-state index contributed by atoms with van der Waals surface area (Å²) in [7, 11) is -2.40. The molecule has 1 aliphatic carbocycles. The molecule has 0 N–H and O–H groups in total. The zero-order chi connectivity index (χ0) is 19.9. The minimum Gasteiger partial charge on any atom is -0.542 e. The van der Waals surface area contributed by atoms with Crippen LogP contribution in [0.25, 0.3) is 5.57 Å². The first-order valence-corrected chi connectivity index (χ1v) is 12.4. The summed E-state index contributed by atoms with van der Waals surface area (Å²) in [4.78, 5) is 0. The van der Waals surface area contributed by atoms with Crippen LogP contribution in [0, 0.1) is 0 Å². The molecule has 0 radical (unpaired) electrons. The number of alkyl halides is 2. The van der Waals surface area contributed by atoms with Crippen LogP contribution in [-0.2, 0) is 4.43 Å². The second-order valence-corrected chi connectivity index (χ2v) is 13.6. The van der Waals surface area contributed by atoms with E-state index in [2.05, 4.69) is 20.8 Å². The standard InChI is InChI=1S/C23H28F2OSi/c1-22(2,3)27(4,5)26-21-20(18-14-10-7-11-15-18)19(16-23(21,24)25)17-12-8-6-9-13-17/h6-15,19H,16H2,1-5H3. The summed E-state index contributed by atoms with van der Waals surface area (Å²) in [5.41, 5.74) is 2.36. The summed E-state index contributed by atoms with van der Waals surface area (Å²) in [5, 5.41) is -0.150. The molecule has 0 fully saturated rings. The molecule has 1 aliphatic rings. The van der Waals surface area contributed by atoms with Crippen molar-refractivity contribution in [3.8, 4) is 0 Å². The summed E-state index contributed by atoms with van der Waals surface area (Å²) < 4.78 is 36.7. The van der Waals surface area contributed by atoms with E-state index in [0.717, 1.165) is 11.1 Å². The SMILES string of the molecule is CC(C)(C)[Si](C)(C)OC1=C(c2ccccc2)C(c2ccccc2)CC1(F)F. The summed E-state index contributed by atoms with van der Waals surface area (Å²) >= 11 is 0. The monoisotopic (exact) mass is 386 g/mol. The molecule has 1 nitrogen and oxygen atoms in total. The van der Waals surface area contributed by atoms with Gasteiger partial charge in [0.2, 0.25) is 8.32 Å². The zero-order valence-corrected chi connectivity index (χ0v) is 17.7. The number of benzene rings is 2. The van der Waals surface area contributed by atoms with Crippen LogP contribution < -0.4 is 0 Å². The Labute approximate surface area is 162 Å². The molecular formula is C23H28F2OSi. The molecule has 0 aromatic heterocycles. The van der Waals surface area contributed by atoms with Gasteiger partial charge in [0.15, 0.2) is 5.76 Å². The van der Waals surface area contributed by atoms with Gasteiger partial charge in [0, 0.05) is 17.9 Å². The fraction of sp³-hybridized carbons (Fsp3) is 0.391. The minimum absolute atomic E-state index is 0.117. The average Bonchev–Trinajstić information content (AvgIpc) is 2.86. The smallest absolute Gasteiger partial charge is 0.303 e. The van der Waals surface area contributed by atoms with Gasteiger partial charge in [-0.25, -0.2) is 0 Å². The van der Waals surface area contributed by atoms with E-state index in [1.54, 1.807) is 0 Å². The maximum atomic E-state index is 15.2. The number of hydrogen-bond acceptors (Lipinski definition) is 1. The Morgan fingerprint density at radius 1 is 0.926 bits per heavy atom. The van der Waals surface area contributed by atoms with Crippen molar-refractivity contribution in [2.45, 2.75) is 57.2 Å². The Kier molecular flexibility index (Phi) is 5.06. The van der Waals surface area contributed by atoms with Crippen LogP contribution in [0.15, 0.2) is 66.4 Å². The lowest BCUT2D eigenvalue weighted by Gasteiger charge is -2.38. The van der Waals surface area contributed by atoms with E-state index in [1.165, 1.54) is 0 Å². The molecule has 0 bridgehead atoms. The maximum Gasteiger partial charge on any atom is 0.303 e. The highest BCUT2D eigenvalue weighted by Crippen LogP contribution is 2.54. The van der Waals surface area contributed by atoms with E-state index in [9.17, 15) is 0 Å². The van der Waals surface area contributed by atoms with E-state index in [4.69, 9.17) is 4.43 Å². The minimum atomic E-state index is -2.97. The van der Waals surface area contributed by atoms with Gasteiger partial charge in [0.1, 0.15) is 0 Å². The van der Waals surface area contributed by atoms with Gasteiger partial charge < -0.3 is 4.43 Å². The fourth-order valence-corrected chi connectivity index (χ4v) is 4.34. The van der Waals surface area contributed by atoms with E-state index < -0.39 is 14.2 Å². The first-order chi connectivity index (χ1) is 12.5. The average molecular weight is 387 g/mol. The van der Waals surface area contributed by atoms with Crippen LogP contribution in [0.3, 0.4) is 0 Å². The molecule has 4 heteroatoms. The molecule has 0 aliphatic heterocycles. The molecule has 2 aromatic rings. The highest BCUT2D eigenvalue weighted by molar-refractivity contribution is 6.74. The predicted molar refractivity (Wildman–Crippen MR) is 110 cm³/mol. The summed E-state index contributed by atoms with van der Waals surface area (Å²) in [6, 6.07) is 19.1. The summed E-state index contributed by atoms with van der Waals surface area (Å²) in [6.45, 7) is 10.3. The third-order valence-electron chi connectivity index (χ3n) is 5.84. The Morgan fingerprint density at radius 2 is 1.44 bits per heavy atom. The van der Waals surface area contributed by atoms with Gasteiger partial charge >= 0.3 is 5.92 Å². The van der Waals surface area contributed by atoms with Gasteiger partial charge in [-0.15, -0.1) is 0 Å². The van der Waals surface area contributed by atoms with Crippen molar-refractivity contribution in [3.05, 3.63) is 77.5 Å². The lowest BCUT2D eigenvalue weighted by Crippen LogP contribution is -2.42. The van der Waals surface area contributed by atoms with Crippen molar-refractivity contribution in [2.75, 3.05) is 0 Å². The highest BCUT2D eigenvalue weighted by Gasteiger charge is 2.52. The topological polar surface area (TPSA) is 9.23 Å². The molecule has 1 atom stereocenters. The predicted octanol–water partition coefficient (Wildman–Crippen LogP) is 7.24. The molecule has 1 unspecified atom stereocenters. The van der Waals surface area contributed by atoms with Gasteiger partial charge in [0.25, 0.3) is 0 Å². The lowest BCUT2D eigenvalue weighted by atomic mass is 9.88. The Morgan fingerprint density at radius 3 is 1.96 bits per heavy atom. The van der Waals surface area contributed by atoms with E-state index >= 15 is 8.78 Å². The Bertz CT molecular complexity index is 820. The van der Waals surface area contributed by atoms with Crippen LogP contribution in [0.5, 0.6) is 0 Å². The molecule has 0 saturated carbocycles. The fourth-order valence-electron chi connectivity index (χ4n) is 3.26. The summed E-state index contributed by atoms with van der Waals surface area (Å²) in [6.07, 6.45) is -0.245. The van der Waals surface area contributed by atoms with Crippen LogP contribution in [0.4, 0.5) is 8.78 Å². The molecule has 0 amide bonds. The quantitative estimate of drug-likeness (QED) is 0.503. The molecular weight excluding hydrogens is 358 g/mol.